The van der Waals surface area contributed by atoms with Gasteiger partial charge in [0.2, 0.25) is 0 Å². The van der Waals surface area contributed by atoms with Crippen LogP contribution in [0.1, 0.15) is 34.7 Å². The monoisotopic (exact) mass is 261 g/mol. The highest BCUT2D eigenvalue weighted by molar-refractivity contribution is 5.40. The third-order valence-corrected chi connectivity index (χ3v) is 4.50. The predicted molar refractivity (Wildman–Crippen MR) is 81.5 cm³/mol. The molecule has 2 unspecified atom stereocenters. The van der Waals surface area contributed by atoms with E-state index in [0.29, 0.717) is 6.04 Å². The van der Waals surface area contributed by atoms with Crippen LogP contribution in [0.2, 0.25) is 0 Å². The average molecular weight is 261 g/mol. The van der Waals surface area contributed by atoms with Crippen molar-refractivity contribution in [1.29, 1.82) is 0 Å². The van der Waals surface area contributed by atoms with Crippen LogP contribution in [-0.2, 0) is 0 Å². The zero-order valence-corrected chi connectivity index (χ0v) is 12.7. The summed E-state index contributed by atoms with van der Waals surface area (Å²) < 4.78 is 0. The summed E-state index contributed by atoms with van der Waals surface area (Å²) in [7, 11) is 2.18. The van der Waals surface area contributed by atoms with Crippen LogP contribution in [-0.4, -0.2) is 37.6 Å². The number of nitrogens with two attached hydrogens (primary N) is 1. The van der Waals surface area contributed by atoms with E-state index in [2.05, 4.69) is 50.2 Å². The molecule has 0 bridgehead atoms. The Morgan fingerprint density at radius 1 is 1.32 bits per heavy atom. The van der Waals surface area contributed by atoms with Crippen molar-refractivity contribution in [2.24, 2.45) is 5.73 Å². The molecule has 1 saturated heterocycles. The number of piperazine rings is 1. The third-order valence-electron chi connectivity index (χ3n) is 4.50. The Kier molecular flexibility index (Phi) is 4.61. The molecule has 3 heteroatoms. The van der Waals surface area contributed by atoms with E-state index in [0.717, 1.165) is 26.1 Å². The van der Waals surface area contributed by atoms with E-state index in [1.807, 2.05) is 0 Å². The summed E-state index contributed by atoms with van der Waals surface area (Å²) in [5, 5.41) is 3.57. The zero-order valence-electron chi connectivity index (χ0n) is 12.7. The second-order valence-corrected chi connectivity index (χ2v) is 5.98. The van der Waals surface area contributed by atoms with Crippen LogP contribution in [0.4, 0.5) is 0 Å². The molecule has 0 radical (unpaired) electrons. The van der Waals surface area contributed by atoms with Crippen molar-refractivity contribution >= 4 is 0 Å². The number of hydrogen-bond donors (Lipinski definition) is 2. The smallest absolute Gasteiger partial charge is 0.0312 e. The average Bonchev–Trinajstić information content (AvgIpc) is 2.36. The topological polar surface area (TPSA) is 41.3 Å². The van der Waals surface area contributed by atoms with Crippen LogP contribution < -0.4 is 11.1 Å². The number of aryl methyl sites for hydroxylation is 1. The van der Waals surface area contributed by atoms with Crippen LogP contribution in [0, 0.1) is 20.8 Å². The molecule has 0 aliphatic carbocycles. The largest absolute Gasteiger partial charge is 0.324 e. The fourth-order valence-electron chi connectivity index (χ4n) is 2.96. The molecule has 0 spiro atoms. The number of nitrogens with one attached hydrogen (secondary N) is 1. The number of likely N-dealkylation sites (N-methyl/N-ethyl adjacent to an activating group) is 1. The molecule has 1 aliphatic heterocycles. The second kappa shape index (κ2) is 6.04. The highest BCUT2D eigenvalue weighted by Gasteiger charge is 2.21. The maximum Gasteiger partial charge on any atom is 0.0312 e. The first kappa shape index (κ1) is 14.5. The maximum atomic E-state index is 6.43. The Morgan fingerprint density at radius 3 is 2.74 bits per heavy atom. The zero-order chi connectivity index (χ0) is 14.0. The van der Waals surface area contributed by atoms with Gasteiger partial charge in [-0.25, -0.2) is 0 Å². The van der Waals surface area contributed by atoms with Gasteiger partial charge < -0.3 is 16.0 Å². The molecule has 19 heavy (non-hydrogen) atoms. The van der Waals surface area contributed by atoms with Crippen molar-refractivity contribution in [1.82, 2.24) is 10.2 Å². The molecule has 0 amide bonds. The summed E-state index contributed by atoms with van der Waals surface area (Å²) >= 11 is 0. The van der Waals surface area contributed by atoms with Crippen molar-refractivity contribution in [3.8, 4) is 0 Å². The van der Waals surface area contributed by atoms with Crippen LogP contribution in [0.25, 0.3) is 0 Å². The van der Waals surface area contributed by atoms with Crippen molar-refractivity contribution in [3.05, 3.63) is 34.4 Å². The summed E-state index contributed by atoms with van der Waals surface area (Å²) in [6.45, 7) is 9.84. The van der Waals surface area contributed by atoms with E-state index in [4.69, 9.17) is 5.73 Å². The lowest BCUT2D eigenvalue weighted by Crippen LogP contribution is -2.50. The second-order valence-electron chi connectivity index (χ2n) is 5.98. The molecule has 0 aromatic heterocycles. The minimum atomic E-state index is 0.128. The van der Waals surface area contributed by atoms with Crippen molar-refractivity contribution < 1.29 is 0 Å². The molecule has 1 fully saturated rings. The lowest BCUT2D eigenvalue weighted by molar-refractivity contribution is 0.225. The molecular weight excluding hydrogens is 234 g/mol. The lowest BCUT2D eigenvalue weighted by Gasteiger charge is -2.32. The quantitative estimate of drug-likeness (QED) is 0.873. The SMILES string of the molecule is Cc1ccc(C(N)CC2CN(C)CCN2)c(C)c1C. The molecule has 106 valence electrons. The highest BCUT2D eigenvalue weighted by atomic mass is 15.2. The van der Waals surface area contributed by atoms with Gasteiger partial charge in [-0.15, -0.1) is 0 Å². The van der Waals surface area contributed by atoms with E-state index in [1.165, 1.54) is 22.3 Å². The van der Waals surface area contributed by atoms with Crippen LogP contribution in [0.15, 0.2) is 12.1 Å². The number of nitrogens with zero attached hydrogens (tertiary/aromatic N) is 1. The number of hydrogen-bond acceptors (Lipinski definition) is 3. The van der Waals surface area contributed by atoms with E-state index in [1.54, 1.807) is 0 Å². The molecule has 2 rings (SSSR count). The van der Waals surface area contributed by atoms with Gasteiger partial charge in [-0.2, -0.15) is 0 Å². The van der Waals surface area contributed by atoms with Crippen LogP contribution in [0.5, 0.6) is 0 Å². The van der Waals surface area contributed by atoms with Crippen molar-refractivity contribution in [2.75, 3.05) is 26.7 Å². The maximum absolute atomic E-state index is 6.43. The first-order chi connectivity index (χ1) is 8.99. The molecule has 1 aliphatic rings. The predicted octanol–water partition coefficient (Wildman–Crippen LogP) is 1.91. The van der Waals surface area contributed by atoms with Gasteiger partial charge in [0.25, 0.3) is 0 Å². The molecule has 1 aromatic carbocycles. The van der Waals surface area contributed by atoms with Crippen LogP contribution >= 0.6 is 0 Å². The Morgan fingerprint density at radius 2 is 2.05 bits per heavy atom. The van der Waals surface area contributed by atoms with Crippen molar-refractivity contribution in [2.45, 2.75) is 39.3 Å². The summed E-state index contributed by atoms with van der Waals surface area (Å²) in [6.07, 6.45) is 1.01. The standard InChI is InChI=1S/C16H27N3/c1-11-5-6-15(13(3)12(11)2)16(17)9-14-10-19(4)8-7-18-14/h5-6,14,16,18H,7-10,17H2,1-4H3. The Hall–Kier alpha value is -0.900. The summed E-state index contributed by atoms with van der Waals surface area (Å²) in [5.41, 5.74) is 11.8. The van der Waals surface area contributed by atoms with E-state index >= 15 is 0 Å². The van der Waals surface area contributed by atoms with Gasteiger partial charge in [0, 0.05) is 31.7 Å². The molecular formula is C16H27N3. The highest BCUT2D eigenvalue weighted by Crippen LogP contribution is 2.24. The fourth-order valence-corrected chi connectivity index (χ4v) is 2.96. The number of benzene rings is 1. The fraction of sp³-hybridized carbons (Fsp3) is 0.625. The Labute approximate surface area is 117 Å². The normalized spacial score (nSPS) is 22.5. The van der Waals surface area contributed by atoms with Gasteiger partial charge in [0.15, 0.2) is 0 Å². The molecule has 2 atom stereocenters. The van der Waals surface area contributed by atoms with E-state index < -0.39 is 0 Å². The third kappa shape index (κ3) is 3.35. The van der Waals surface area contributed by atoms with Gasteiger partial charge >= 0.3 is 0 Å². The minimum Gasteiger partial charge on any atom is -0.324 e. The van der Waals surface area contributed by atoms with Gasteiger partial charge in [-0.1, -0.05) is 12.1 Å². The van der Waals surface area contributed by atoms with E-state index in [9.17, 15) is 0 Å². The Balaban J connectivity index is 2.07. The molecule has 1 heterocycles. The minimum absolute atomic E-state index is 0.128. The van der Waals surface area contributed by atoms with E-state index in [-0.39, 0.29) is 6.04 Å². The summed E-state index contributed by atoms with van der Waals surface area (Å²) in [5.74, 6) is 0. The molecule has 3 N–H and O–H groups in total. The molecule has 3 nitrogen and oxygen atoms in total. The van der Waals surface area contributed by atoms with Gasteiger partial charge in [0.1, 0.15) is 0 Å². The van der Waals surface area contributed by atoms with Crippen molar-refractivity contribution in [3.63, 3.8) is 0 Å². The first-order valence-corrected chi connectivity index (χ1v) is 7.23. The Bertz CT molecular complexity index is 442. The molecule has 0 saturated carbocycles. The summed E-state index contributed by atoms with van der Waals surface area (Å²) in [4.78, 5) is 2.38. The number of rotatable bonds is 3. The van der Waals surface area contributed by atoms with Crippen LogP contribution in [0.3, 0.4) is 0 Å². The van der Waals surface area contributed by atoms with Gasteiger partial charge in [-0.05, 0) is 56.5 Å². The first-order valence-electron chi connectivity index (χ1n) is 7.23. The lowest BCUT2D eigenvalue weighted by atomic mass is 9.91. The van der Waals surface area contributed by atoms with Gasteiger partial charge in [-0.3, -0.25) is 0 Å². The molecule has 1 aromatic rings. The summed E-state index contributed by atoms with van der Waals surface area (Å²) in [6, 6.07) is 5.03. The van der Waals surface area contributed by atoms with Gasteiger partial charge in [0.05, 0.1) is 0 Å².